The number of ether oxygens (including phenoxy) is 1. The highest BCUT2D eigenvalue weighted by atomic mass is 32.2. The molecule has 0 aromatic heterocycles. The summed E-state index contributed by atoms with van der Waals surface area (Å²) < 4.78 is 46.9. The molecule has 4 aromatic carbocycles. The van der Waals surface area contributed by atoms with Gasteiger partial charge in [-0.1, -0.05) is 42.1 Å². The summed E-state index contributed by atoms with van der Waals surface area (Å²) in [4.78, 5) is 29.0. The molecule has 0 spiro atoms. The summed E-state index contributed by atoms with van der Waals surface area (Å²) in [6.07, 6.45) is 0. The van der Waals surface area contributed by atoms with Crippen LogP contribution in [0.25, 0.3) is 0 Å². The van der Waals surface area contributed by atoms with Crippen LogP contribution in [0, 0.1) is 12.7 Å². The van der Waals surface area contributed by atoms with Crippen LogP contribution in [0.15, 0.2) is 117 Å². The van der Waals surface area contributed by atoms with Crippen LogP contribution < -0.4 is 19.7 Å². The van der Waals surface area contributed by atoms with Crippen molar-refractivity contribution in [1.29, 1.82) is 0 Å². The Morgan fingerprint density at radius 2 is 1.59 bits per heavy atom. The number of halogens is 1. The molecule has 2 amide bonds. The number of rotatable bonds is 9. The molecule has 11 heteroatoms. The van der Waals surface area contributed by atoms with E-state index in [2.05, 4.69) is 10.0 Å². The molecule has 1 aliphatic heterocycles. The van der Waals surface area contributed by atoms with Gasteiger partial charge in [-0.3, -0.25) is 14.3 Å². The van der Waals surface area contributed by atoms with Gasteiger partial charge >= 0.3 is 0 Å². The minimum absolute atomic E-state index is 0.0602. The second-order valence-corrected chi connectivity index (χ2v) is 11.8. The van der Waals surface area contributed by atoms with Crippen molar-refractivity contribution in [3.05, 3.63) is 119 Å². The molecule has 41 heavy (non-hydrogen) atoms. The van der Waals surface area contributed by atoms with Crippen LogP contribution in [0.3, 0.4) is 0 Å². The molecule has 0 fully saturated rings. The molecule has 0 radical (unpaired) electrons. The molecule has 5 rings (SSSR count). The van der Waals surface area contributed by atoms with Crippen molar-refractivity contribution in [2.45, 2.75) is 16.7 Å². The first kappa shape index (κ1) is 27.9. The highest BCUT2D eigenvalue weighted by molar-refractivity contribution is 8.04. The molecule has 0 aliphatic carbocycles. The molecular weight excluding hydrogens is 565 g/mol. The third-order valence-electron chi connectivity index (χ3n) is 6.10. The molecule has 0 bridgehead atoms. The van der Waals surface area contributed by atoms with Crippen LogP contribution in [0.5, 0.6) is 5.75 Å². The summed E-state index contributed by atoms with van der Waals surface area (Å²) in [5.41, 5.74) is 2.13. The summed E-state index contributed by atoms with van der Waals surface area (Å²) in [5.74, 6) is -1.13. The van der Waals surface area contributed by atoms with Crippen LogP contribution in [-0.2, 0) is 19.6 Å². The molecule has 1 heterocycles. The number of nitrogens with zero attached hydrogens (tertiary/aromatic N) is 1. The minimum Gasteiger partial charge on any atom is -0.495 e. The van der Waals surface area contributed by atoms with Crippen molar-refractivity contribution in [1.82, 2.24) is 0 Å². The van der Waals surface area contributed by atoms with Gasteiger partial charge in [-0.2, -0.15) is 0 Å². The summed E-state index contributed by atoms with van der Waals surface area (Å²) in [6, 6.07) is 24.9. The quantitative estimate of drug-likeness (QED) is 0.233. The molecule has 4 aromatic rings. The van der Waals surface area contributed by atoms with Gasteiger partial charge in [0, 0.05) is 10.6 Å². The third kappa shape index (κ3) is 5.96. The number of hydrogen-bond donors (Lipinski definition) is 2. The molecule has 0 unspecified atom stereocenters. The number of amides is 2. The van der Waals surface area contributed by atoms with E-state index < -0.39 is 27.7 Å². The fourth-order valence-corrected chi connectivity index (χ4v) is 6.19. The van der Waals surface area contributed by atoms with Crippen LogP contribution in [0.1, 0.15) is 5.56 Å². The van der Waals surface area contributed by atoms with Crippen molar-refractivity contribution >= 4 is 50.7 Å². The zero-order chi connectivity index (χ0) is 29.1. The predicted octanol–water partition coefficient (Wildman–Crippen LogP) is 5.93. The monoisotopic (exact) mass is 589 g/mol. The lowest BCUT2D eigenvalue weighted by molar-refractivity contribution is -0.120. The molecule has 1 aliphatic rings. The second kappa shape index (κ2) is 11.5. The maximum atomic E-state index is 13.7. The molecule has 0 saturated carbocycles. The van der Waals surface area contributed by atoms with Gasteiger partial charge in [-0.25, -0.2) is 17.7 Å². The average molecular weight is 590 g/mol. The summed E-state index contributed by atoms with van der Waals surface area (Å²) in [7, 11) is -2.48. The summed E-state index contributed by atoms with van der Waals surface area (Å²) >= 11 is 1.02. The van der Waals surface area contributed by atoms with Gasteiger partial charge in [0.15, 0.2) is 0 Å². The van der Waals surface area contributed by atoms with Crippen LogP contribution in [0.4, 0.5) is 21.5 Å². The van der Waals surface area contributed by atoms with Gasteiger partial charge in [0.05, 0.1) is 23.4 Å². The standard InChI is InChI=1S/C30H24FN3O5S2/c1-19-11-16-26(39-2)25(17-19)32-27-28(30(36)34(29(27)35)22-8-4-3-5-9-22)40-23-10-6-7-21(18-23)33-41(37,38)24-14-12-20(31)13-15-24/h3-18,32-33H,1-2H3. The van der Waals surface area contributed by atoms with E-state index >= 15 is 0 Å². The Bertz CT molecular complexity index is 1780. The lowest BCUT2D eigenvalue weighted by Gasteiger charge is -2.16. The van der Waals surface area contributed by atoms with Gasteiger partial charge in [0.2, 0.25) is 0 Å². The van der Waals surface area contributed by atoms with E-state index in [1.165, 1.54) is 19.2 Å². The van der Waals surface area contributed by atoms with E-state index in [9.17, 15) is 22.4 Å². The van der Waals surface area contributed by atoms with Gasteiger partial charge in [0.1, 0.15) is 22.2 Å². The van der Waals surface area contributed by atoms with E-state index in [0.29, 0.717) is 22.0 Å². The van der Waals surface area contributed by atoms with Crippen LogP contribution in [-0.4, -0.2) is 27.3 Å². The first-order valence-electron chi connectivity index (χ1n) is 12.3. The highest BCUT2D eigenvalue weighted by Crippen LogP contribution is 2.39. The Hall–Kier alpha value is -4.61. The number of nitrogens with one attached hydrogen (secondary N) is 2. The van der Waals surface area contributed by atoms with E-state index in [1.54, 1.807) is 60.7 Å². The Morgan fingerprint density at radius 3 is 2.29 bits per heavy atom. The lowest BCUT2D eigenvalue weighted by atomic mass is 10.2. The van der Waals surface area contributed by atoms with Crippen LogP contribution >= 0.6 is 11.8 Å². The maximum absolute atomic E-state index is 13.7. The number of thioether (sulfide) groups is 1. The third-order valence-corrected chi connectivity index (χ3v) is 8.57. The summed E-state index contributed by atoms with van der Waals surface area (Å²) in [6.45, 7) is 1.89. The molecule has 0 atom stereocenters. The fraction of sp³-hybridized carbons (Fsp3) is 0.0667. The minimum atomic E-state index is -4.00. The van der Waals surface area contributed by atoms with Gasteiger partial charge in [-0.15, -0.1) is 0 Å². The van der Waals surface area contributed by atoms with E-state index in [-0.39, 0.29) is 21.2 Å². The fourth-order valence-electron chi connectivity index (χ4n) is 4.15. The number of anilines is 3. The first-order valence-corrected chi connectivity index (χ1v) is 14.6. The van der Waals surface area contributed by atoms with Gasteiger partial charge in [0.25, 0.3) is 21.8 Å². The maximum Gasteiger partial charge on any atom is 0.283 e. The summed E-state index contributed by atoms with van der Waals surface area (Å²) in [5, 5.41) is 3.11. The van der Waals surface area contributed by atoms with Crippen molar-refractivity contribution in [2.75, 3.05) is 22.0 Å². The average Bonchev–Trinajstić information content (AvgIpc) is 3.17. The Balaban J connectivity index is 1.50. The largest absolute Gasteiger partial charge is 0.495 e. The lowest BCUT2D eigenvalue weighted by Crippen LogP contribution is -2.32. The van der Waals surface area contributed by atoms with E-state index in [0.717, 1.165) is 34.4 Å². The van der Waals surface area contributed by atoms with Gasteiger partial charge < -0.3 is 10.1 Å². The number of benzene rings is 4. The first-order chi connectivity index (χ1) is 19.7. The second-order valence-electron chi connectivity index (χ2n) is 9.00. The number of imide groups is 1. The molecule has 2 N–H and O–H groups in total. The number of sulfonamides is 1. The number of carbonyl (C=O) groups is 2. The number of para-hydroxylation sites is 1. The van der Waals surface area contributed by atoms with Crippen molar-refractivity contribution in [3.63, 3.8) is 0 Å². The Morgan fingerprint density at radius 1 is 0.854 bits per heavy atom. The zero-order valence-corrected chi connectivity index (χ0v) is 23.6. The number of carbonyl (C=O) groups excluding carboxylic acids is 2. The number of hydrogen-bond acceptors (Lipinski definition) is 7. The molecule has 8 nitrogen and oxygen atoms in total. The van der Waals surface area contributed by atoms with Gasteiger partial charge in [-0.05, 0) is 79.2 Å². The van der Waals surface area contributed by atoms with E-state index in [1.807, 2.05) is 19.1 Å². The van der Waals surface area contributed by atoms with Crippen molar-refractivity contribution in [3.8, 4) is 5.75 Å². The normalized spacial score (nSPS) is 13.5. The molecule has 208 valence electrons. The van der Waals surface area contributed by atoms with Crippen LogP contribution in [0.2, 0.25) is 0 Å². The predicted molar refractivity (Wildman–Crippen MR) is 157 cm³/mol. The van der Waals surface area contributed by atoms with Crippen molar-refractivity contribution in [2.24, 2.45) is 0 Å². The zero-order valence-electron chi connectivity index (χ0n) is 21.9. The highest BCUT2D eigenvalue weighted by Gasteiger charge is 2.40. The SMILES string of the molecule is COc1ccc(C)cc1NC1=C(Sc2cccc(NS(=O)(=O)c3ccc(F)cc3)c2)C(=O)N(c2ccccc2)C1=O. The molecular formula is C30H24FN3O5S2. The Labute approximate surface area is 240 Å². The van der Waals surface area contributed by atoms with Crippen molar-refractivity contribution < 1.29 is 27.1 Å². The number of methoxy groups -OCH3 is 1. The number of aryl methyl sites for hydroxylation is 1. The topological polar surface area (TPSA) is 105 Å². The smallest absolute Gasteiger partial charge is 0.283 e. The Kier molecular flexibility index (Phi) is 7.82. The molecule has 0 saturated heterocycles. The van der Waals surface area contributed by atoms with E-state index in [4.69, 9.17) is 4.74 Å².